The number of ether oxygens (including phenoxy) is 1. The van der Waals surface area contributed by atoms with Crippen LogP contribution in [-0.2, 0) is 9.59 Å². The molecular weight excluding hydrogens is 426 g/mol. The molecule has 0 aliphatic carbocycles. The SMILES string of the molecule is CCCC(C)COc1ccc([C@H](CNC(=O)[C@@H](N)CCC)NC(=O)[C@@H](C)c2ccccc2)cc1. The highest BCUT2D eigenvalue weighted by atomic mass is 16.5. The zero-order chi connectivity index (χ0) is 24.9. The standard InChI is InChI=1S/C28H41N3O3/c1-5-10-20(3)19-34-24-16-14-23(15-17-24)26(18-30-28(33)25(29)11-6-2)31-27(32)21(4)22-12-8-7-9-13-22/h7-9,12-17,20-21,25-26H,5-6,10-11,18-19,29H2,1-4H3,(H,30,33)(H,31,32)/t20?,21-,25-,26-/m0/s1. The van der Waals surface area contributed by atoms with E-state index >= 15 is 0 Å². The summed E-state index contributed by atoms with van der Waals surface area (Å²) in [7, 11) is 0. The molecule has 0 aliphatic rings. The molecular formula is C28H41N3O3. The number of hydrogen-bond donors (Lipinski definition) is 3. The van der Waals surface area contributed by atoms with E-state index in [1.807, 2.05) is 68.4 Å². The predicted octanol–water partition coefficient (Wildman–Crippen LogP) is 4.71. The highest BCUT2D eigenvalue weighted by Crippen LogP contribution is 2.21. The number of carbonyl (C=O) groups excluding carboxylic acids is 2. The summed E-state index contributed by atoms with van der Waals surface area (Å²) in [5.74, 6) is 0.672. The minimum Gasteiger partial charge on any atom is -0.493 e. The van der Waals surface area contributed by atoms with Gasteiger partial charge in [0.2, 0.25) is 11.8 Å². The molecule has 0 saturated carbocycles. The van der Waals surface area contributed by atoms with Gasteiger partial charge in [0.25, 0.3) is 0 Å². The molecule has 2 aromatic rings. The Morgan fingerprint density at radius 1 is 0.882 bits per heavy atom. The van der Waals surface area contributed by atoms with Crippen LogP contribution in [-0.4, -0.2) is 31.0 Å². The largest absolute Gasteiger partial charge is 0.493 e. The van der Waals surface area contributed by atoms with Gasteiger partial charge in [0.15, 0.2) is 0 Å². The second kappa shape index (κ2) is 14.4. The first-order valence-electron chi connectivity index (χ1n) is 12.5. The molecule has 2 amide bonds. The van der Waals surface area contributed by atoms with Crippen LogP contribution in [0.1, 0.15) is 76.5 Å². The van der Waals surface area contributed by atoms with Crippen molar-refractivity contribution in [1.82, 2.24) is 10.6 Å². The maximum absolute atomic E-state index is 13.0. The summed E-state index contributed by atoms with van der Waals surface area (Å²) in [5, 5.41) is 6.02. The number of benzene rings is 2. The van der Waals surface area contributed by atoms with E-state index in [0.717, 1.165) is 36.1 Å². The van der Waals surface area contributed by atoms with Crippen LogP contribution in [0.5, 0.6) is 5.75 Å². The number of rotatable bonds is 14. The Balaban J connectivity index is 2.11. The van der Waals surface area contributed by atoms with Crippen molar-refractivity contribution in [1.29, 1.82) is 0 Å². The summed E-state index contributed by atoms with van der Waals surface area (Å²) in [6.07, 6.45) is 3.73. The van der Waals surface area contributed by atoms with Crippen LogP contribution in [0.25, 0.3) is 0 Å². The van der Waals surface area contributed by atoms with Gasteiger partial charge in [-0.05, 0) is 48.9 Å². The van der Waals surface area contributed by atoms with Crippen molar-refractivity contribution in [3.63, 3.8) is 0 Å². The van der Waals surface area contributed by atoms with Gasteiger partial charge >= 0.3 is 0 Å². The summed E-state index contributed by atoms with van der Waals surface area (Å²) in [6.45, 7) is 9.17. The van der Waals surface area contributed by atoms with Gasteiger partial charge in [-0.15, -0.1) is 0 Å². The molecule has 34 heavy (non-hydrogen) atoms. The second-order valence-corrected chi connectivity index (χ2v) is 9.11. The van der Waals surface area contributed by atoms with E-state index < -0.39 is 6.04 Å². The van der Waals surface area contributed by atoms with Crippen LogP contribution in [0.3, 0.4) is 0 Å². The number of amides is 2. The van der Waals surface area contributed by atoms with E-state index in [1.165, 1.54) is 0 Å². The minimum absolute atomic E-state index is 0.1000. The van der Waals surface area contributed by atoms with Crippen molar-refractivity contribution in [2.24, 2.45) is 11.7 Å². The zero-order valence-electron chi connectivity index (χ0n) is 21.1. The summed E-state index contributed by atoms with van der Waals surface area (Å²) < 4.78 is 5.92. The highest BCUT2D eigenvalue weighted by Gasteiger charge is 2.22. The number of nitrogens with two attached hydrogens (primary N) is 1. The van der Waals surface area contributed by atoms with Gasteiger partial charge in [-0.3, -0.25) is 9.59 Å². The fourth-order valence-corrected chi connectivity index (χ4v) is 3.83. The molecule has 4 N–H and O–H groups in total. The topological polar surface area (TPSA) is 93.4 Å². The molecule has 4 atom stereocenters. The fraction of sp³-hybridized carbons (Fsp3) is 0.500. The molecule has 0 bridgehead atoms. The molecule has 1 unspecified atom stereocenters. The highest BCUT2D eigenvalue weighted by molar-refractivity contribution is 5.84. The van der Waals surface area contributed by atoms with E-state index in [4.69, 9.17) is 10.5 Å². The summed E-state index contributed by atoms with van der Waals surface area (Å²) in [5.41, 5.74) is 7.80. The van der Waals surface area contributed by atoms with Gasteiger partial charge in [-0.1, -0.05) is 76.1 Å². The number of nitrogens with one attached hydrogen (secondary N) is 2. The first kappa shape index (κ1) is 27.4. The van der Waals surface area contributed by atoms with Crippen molar-refractivity contribution in [2.75, 3.05) is 13.2 Å². The van der Waals surface area contributed by atoms with Crippen LogP contribution in [0.15, 0.2) is 54.6 Å². The van der Waals surface area contributed by atoms with Gasteiger partial charge < -0.3 is 21.1 Å². The van der Waals surface area contributed by atoms with Crippen LogP contribution < -0.4 is 21.1 Å². The molecule has 0 spiro atoms. The Kier molecular flexibility index (Phi) is 11.6. The molecule has 6 heteroatoms. The minimum atomic E-state index is -0.550. The van der Waals surface area contributed by atoms with E-state index in [9.17, 15) is 9.59 Å². The second-order valence-electron chi connectivity index (χ2n) is 9.11. The Morgan fingerprint density at radius 2 is 1.53 bits per heavy atom. The van der Waals surface area contributed by atoms with Crippen molar-refractivity contribution >= 4 is 11.8 Å². The predicted molar refractivity (Wildman–Crippen MR) is 138 cm³/mol. The van der Waals surface area contributed by atoms with Crippen LogP contribution >= 0.6 is 0 Å². The Hall–Kier alpha value is -2.86. The number of carbonyl (C=O) groups is 2. The maximum atomic E-state index is 13.0. The van der Waals surface area contributed by atoms with Crippen LogP contribution in [0.2, 0.25) is 0 Å². The lowest BCUT2D eigenvalue weighted by atomic mass is 9.99. The van der Waals surface area contributed by atoms with Gasteiger partial charge in [-0.2, -0.15) is 0 Å². The Labute approximate surface area is 204 Å². The van der Waals surface area contributed by atoms with Crippen LogP contribution in [0, 0.1) is 5.92 Å². The van der Waals surface area contributed by atoms with Gasteiger partial charge in [0.05, 0.1) is 24.6 Å². The molecule has 2 rings (SSSR count). The van der Waals surface area contributed by atoms with Crippen molar-refractivity contribution in [3.05, 3.63) is 65.7 Å². The lowest BCUT2D eigenvalue weighted by Crippen LogP contribution is -2.45. The quantitative estimate of drug-likeness (QED) is 0.375. The third-order valence-electron chi connectivity index (χ3n) is 6.02. The third kappa shape index (κ3) is 8.82. The van der Waals surface area contributed by atoms with Crippen molar-refractivity contribution < 1.29 is 14.3 Å². The van der Waals surface area contributed by atoms with Crippen molar-refractivity contribution in [3.8, 4) is 5.75 Å². The Morgan fingerprint density at radius 3 is 2.15 bits per heavy atom. The molecule has 0 heterocycles. The normalized spacial score (nSPS) is 14.5. The molecule has 0 radical (unpaired) electrons. The van der Waals surface area contributed by atoms with E-state index in [0.29, 0.717) is 18.9 Å². The van der Waals surface area contributed by atoms with Gasteiger partial charge in [-0.25, -0.2) is 0 Å². The molecule has 0 saturated heterocycles. The molecule has 186 valence electrons. The molecule has 6 nitrogen and oxygen atoms in total. The molecule has 0 aromatic heterocycles. The van der Waals surface area contributed by atoms with E-state index in [1.54, 1.807) is 0 Å². The summed E-state index contributed by atoms with van der Waals surface area (Å²) in [4.78, 5) is 25.4. The first-order chi connectivity index (χ1) is 16.3. The lowest BCUT2D eigenvalue weighted by molar-refractivity contribution is -0.125. The first-order valence-corrected chi connectivity index (χ1v) is 12.5. The number of hydrogen-bond acceptors (Lipinski definition) is 4. The van der Waals surface area contributed by atoms with Crippen LogP contribution in [0.4, 0.5) is 0 Å². The van der Waals surface area contributed by atoms with E-state index in [2.05, 4.69) is 24.5 Å². The average Bonchev–Trinajstić information content (AvgIpc) is 2.85. The smallest absolute Gasteiger partial charge is 0.236 e. The average molecular weight is 468 g/mol. The summed E-state index contributed by atoms with van der Waals surface area (Å²) in [6, 6.07) is 16.4. The molecule has 2 aromatic carbocycles. The molecule has 0 fully saturated rings. The lowest BCUT2D eigenvalue weighted by Gasteiger charge is -2.23. The van der Waals surface area contributed by atoms with Gasteiger partial charge in [0.1, 0.15) is 5.75 Å². The monoisotopic (exact) mass is 467 g/mol. The summed E-state index contributed by atoms with van der Waals surface area (Å²) >= 11 is 0. The fourth-order valence-electron chi connectivity index (χ4n) is 3.83. The van der Waals surface area contributed by atoms with Gasteiger partial charge in [0, 0.05) is 6.54 Å². The Bertz CT molecular complexity index is 870. The third-order valence-corrected chi connectivity index (χ3v) is 6.02. The molecule has 0 aliphatic heterocycles. The maximum Gasteiger partial charge on any atom is 0.236 e. The zero-order valence-corrected chi connectivity index (χ0v) is 21.1. The van der Waals surface area contributed by atoms with Crippen molar-refractivity contribution in [2.45, 2.75) is 71.4 Å². The van der Waals surface area contributed by atoms with E-state index in [-0.39, 0.29) is 30.3 Å².